The molecule has 1 aromatic carbocycles. The van der Waals surface area contributed by atoms with Crippen LogP contribution in [-0.2, 0) is 6.61 Å². The minimum atomic E-state index is -1.44. The molecule has 0 aliphatic heterocycles. The van der Waals surface area contributed by atoms with Gasteiger partial charge in [-0.1, -0.05) is 30.3 Å². The highest BCUT2D eigenvalue weighted by Gasteiger charge is 2.22. The van der Waals surface area contributed by atoms with Gasteiger partial charge in [0.05, 0.1) is 0 Å². The largest absolute Gasteiger partial charge is 0.481 e. The van der Waals surface area contributed by atoms with Crippen LogP contribution in [0.4, 0.5) is 0 Å². The summed E-state index contributed by atoms with van der Waals surface area (Å²) in [6.07, 6.45) is 0.837. The van der Waals surface area contributed by atoms with E-state index >= 15 is 0 Å². The van der Waals surface area contributed by atoms with E-state index < -0.39 is 28.7 Å². The molecule has 6 heteroatoms. The second-order valence-corrected chi connectivity index (χ2v) is 4.27. The Balaban J connectivity index is 2.40. The van der Waals surface area contributed by atoms with Crippen molar-refractivity contribution in [3.63, 3.8) is 0 Å². The number of carbonyl (C=O) groups excluding carboxylic acids is 1. The predicted molar refractivity (Wildman–Crippen MR) is 72.7 cm³/mol. The molecule has 1 N–H and O–H groups in total. The number of ketones is 1. The number of hydrogen-bond donors (Lipinski definition) is 1. The molecule has 21 heavy (non-hydrogen) atoms. The molecule has 0 spiro atoms. The lowest BCUT2D eigenvalue weighted by molar-refractivity contribution is 0.0648. The standard InChI is InChI=1S/C15H12O6/c1-9(16)11-8-21-14(15(18)19)13(12(11)17)20-7-10-5-3-2-4-6-10/h2-6,8H,7H2,1H3,(H,18,19). The number of Topliss-reactive ketones (excluding diaryl/α,β-unsaturated/α-hetero) is 1. The van der Waals surface area contributed by atoms with Crippen molar-refractivity contribution in [3.8, 4) is 5.75 Å². The van der Waals surface area contributed by atoms with Crippen LogP contribution >= 0.6 is 0 Å². The van der Waals surface area contributed by atoms with Crippen LogP contribution in [0.2, 0.25) is 0 Å². The molecule has 0 radical (unpaired) electrons. The van der Waals surface area contributed by atoms with E-state index in [0.29, 0.717) is 0 Å². The average molecular weight is 288 g/mol. The molecule has 0 fully saturated rings. The van der Waals surface area contributed by atoms with Gasteiger partial charge in [-0.3, -0.25) is 9.59 Å². The Kier molecular flexibility index (Phi) is 4.18. The van der Waals surface area contributed by atoms with Gasteiger partial charge in [-0.25, -0.2) is 4.79 Å². The van der Waals surface area contributed by atoms with Gasteiger partial charge in [0.1, 0.15) is 18.4 Å². The maximum Gasteiger partial charge on any atom is 0.375 e. The average Bonchev–Trinajstić information content (AvgIpc) is 2.46. The third-order valence-electron chi connectivity index (χ3n) is 2.75. The normalized spacial score (nSPS) is 10.1. The monoisotopic (exact) mass is 288 g/mol. The lowest BCUT2D eigenvalue weighted by Crippen LogP contribution is -2.19. The number of ether oxygens (including phenoxy) is 1. The SMILES string of the molecule is CC(=O)c1coc(C(=O)O)c(OCc2ccccc2)c1=O. The molecule has 1 heterocycles. The van der Waals surface area contributed by atoms with E-state index in [1.807, 2.05) is 6.07 Å². The van der Waals surface area contributed by atoms with Gasteiger partial charge in [-0.15, -0.1) is 0 Å². The summed E-state index contributed by atoms with van der Waals surface area (Å²) in [6.45, 7) is 1.18. The van der Waals surface area contributed by atoms with Crippen LogP contribution in [0.5, 0.6) is 5.75 Å². The van der Waals surface area contributed by atoms with Gasteiger partial charge in [0.25, 0.3) is 5.76 Å². The highest BCUT2D eigenvalue weighted by molar-refractivity contribution is 5.95. The fraction of sp³-hybridized carbons (Fsp3) is 0.133. The Hall–Kier alpha value is -2.89. The fourth-order valence-electron chi connectivity index (χ4n) is 1.70. The third-order valence-corrected chi connectivity index (χ3v) is 2.75. The van der Waals surface area contributed by atoms with Crippen LogP contribution in [0.3, 0.4) is 0 Å². The van der Waals surface area contributed by atoms with Crippen molar-refractivity contribution in [3.05, 3.63) is 63.7 Å². The van der Waals surface area contributed by atoms with E-state index in [9.17, 15) is 14.4 Å². The van der Waals surface area contributed by atoms with Gasteiger partial charge in [-0.2, -0.15) is 0 Å². The summed E-state index contributed by atoms with van der Waals surface area (Å²) in [4.78, 5) is 34.5. The summed E-state index contributed by atoms with van der Waals surface area (Å²) in [5, 5.41) is 9.02. The van der Waals surface area contributed by atoms with E-state index in [1.54, 1.807) is 24.3 Å². The summed E-state index contributed by atoms with van der Waals surface area (Å²) in [5.41, 5.74) is -0.286. The first-order valence-corrected chi connectivity index (χ1v) is 6.07. The zero-order valence-corrected chi connectivity index (χ0v) is 11.2. The van der Waals surface area contributed by atoms with Crippen molar-refractivity contribution in [1.29, 1.82) is 0 Å². The second-order valence-electron chi connectivity index (χ2n) is 4.27. The number of benzene rings is 1. The first-order chi connectivity index (χ1) is 10.0. The van der Waals surface area contributed by atoms with Crippen molar-refractivity contribution in [2.24, 2.45) is 0 Å². The molecule has 0 unspecified atom stereocenters. The summed E-state index contributed by atoms with van der Waals surface area (Å²) >= 11 is 0. The smallest absolute Gasteiger partial charge is 0.375 e. The maximum absolute atomic E-state index is 12.1. The van der Waals surface area contributed by atoms with Crippen LogP contribution in [0.1, 0.15) is 33.4 Å². The van der Waals surface area contributed by atoms with Crippen LogP contribution in [0, 0.1) is 0 Å². The Morgan fingerprint density at radius 3 is 2.48 bits per heavy atom. The molecule has 2 rings (SSSR count). The first-order valence-electron chi connectivity index (χ1n) is 6.07. The first kappa shape index (κ1) is 14.5. The number of rotatable bonds is 5. The Morgan fingerprint density at radius 2 is 1.90 bits per heavy atom. The van der Waals surface area contributed by atoms with Crippen molar-refractivity contribution in [1.82, 2.24) is 0 Å². The molecule has 0 bridgehead atoms. The highest BCUT2D eigenvalue weighted by atomic mass is 16.5. The van der Waals surface area contributed by atoms with Crippen LogP contribution < -0.4 is 10.2 Å². The zero-order valence-electron chi connectivity index (χ0n) is 11.2. The molecule has 0 atom stereocenters. The third kappa shape index (κ3) is 3.17. The van der Waals surface area contributed by atoms with Gasteiger partial charge in [0, 0.05) is 0 Å². The molecule has 0 saturated heterocycles. The van der Waals surface area contributed by atoms with E-state index in [4.69, 9.17) is 14.3 Å². The minimum absolute atomic E-state index is 0.00671. The zero-order chi connectivity index (χ0) is 15.4. The van der Waals surface area contributed by atoms with E-state index in [-0.39, 0.29) is 12.2 Å². The molecule has 0 aliphatic rings. The maximum atomic E-state index is 12.1. The van der Waals surface area contributed by atoms with Gasteiger partial charge in [-0.05, 0) is 12.5 Å². The van der Waals surface area contributed by atoms with Crippen molar-refractivity contribution in [2.75, 3.05) is 0 Å². The number of carbonyl (C=O) groups is 2. The Labute approximate surface area is 119 Å². The van der Waals surface area contributed by atoms with E-state index in [1.165, 1.54) is 6.92 Å². The molecule has 108 valence electrons. The number of aromatic carboxylic acids is 1. The van der Waals surface area contributed by atoms with Crippen LogP contribution in [0.25, 0.3) is 0 Å². The van der Waals surface area contributed by atoms with Gasteiger partial charge < -0.3 is 14.3 Å². The van der Waals surface area contributed by atoms with Crippen molar-refractivity contribution < 1.29 is 23.8 Å². The predicted octanol–water partition coefficient (Wildman–Crippen LogP) is 2.12. The Bertz CT molecular complexity index is 730. The van der Waals surface area contributed by atoms with Crippen LogP contribution in [0.15, 0.2) is 45.8 Å². The van der Waals surface area contributed by atoms with Gasteiger partial charge in [0.2, 0.25) is 11.2 Å². The molecule has 0 aliphatic carbocycles. The molecule has 6 nitrogen and oxygen atoms in total. The highest BCUT2D eigenvalue weighted by Crippen LogP contribution is 2.17. The quantitative estimate of drug-likeness (QED) is 0.847. The van der Waals surface area contributed by atoms with E-state index in [2.05, 4.69) is 0 Å². The molecule has 2 aromatic rings. The lowest BCUT2D eigenvalue weighted by atomic mass is 10.2. The second kappa shape index (κ2) is 6.04. The molecular weight excluding hydrogens is 276 g/mol. The summed E-state index contributed by atoms with van der Waals surface area (Å²) in [5.74, 6) is -3.06. The Morgan fingerprint density at radius 1 is 1.24 bits per heavy atom. The van der Waals surface area contributed by atoms with Crippen LogP contribution in [-0.4, -0.2) is 16.9 Å². The number of hydrogen-bond acceptors (Lipinski definition) is 5. The molecule has 0 amide bonds. The fourth-order valence-corrected chi connectivity index (χ4v) is 1.70. The number of carboxylic acid groups (broad SMARTS) is 1. The van der Waals surface area contributed by atoms with Crippen molar-refractivity contribution in [2.45, 2.75) is 13.5 Å². The molecule has 0 saturated carbocycles. The van der Waals surface area contributed by atoms with E-state index in [0.717, 1.165) is 11.8 Å². The summed E-state index contributed by atoms with van der Waals surface area (Å²) in [7, 11) is 0. The number of carboxylic acids is 1. The van der Waals surface area contributed by atoms with Gasteiger partial charge in [0.15, 0.2) is 5.78 Å². The van der Waals surface area contributed by atoms with Crippen molar-refractivity contribution >= 4 is 11.8 Å². The molecular formula is C15H12O6. The lowest BCUT2D eigenvalue weighted by Gasteiger charge is -2.08. The molecule has 1 aromatic heterocycles. The van der Waals surface area contributed by atoms with Gasteiger partial charge >= 0.3 is 5.97 Å². The summed E-state index contributed by atoms with van der Waals surface area (Å²) in [6, 6.07) is 8.90. The topological polar surface area (TPSA) is 93.8 Å². The summed E-state index contributed by atoms with van der Waals surface area (Å²) < 4.78 is 10.1. The minimum Gasteiger partial charge on any atom is -0.481 e.